The van der Waals surface area contributed by atoms with Crippen molar-refractivity contribution in [1.82, 2.24) is 0 Å². The highest BCUT2D eigenvalue weighted by atomic mass is 16.8. The SMILES string of the molecule is C#C[C@@]1(C)[C@@H](COC(C(C)=O)C(=O)OCC)O[C@@H]2OC(C)(C)O[C@@H]21. The lowest BCUT2D eigenvalue weighted by Crippen LogP contribution is -2.43. The number of esters is 1. The molecule has 2 saturated heterocycles. The summed E-state index contributed by atoms with van der Waals surface area (Å²) in [5.74, 6) is 0.745. The number of hydrogen-bond acceptors (Lipinski definition) is 7. The third-order valence-electron chi connectivity index (χ3n) is 4.21. The first-order chi connectivity index (χ1) is 11.1. The Kier molecular flexibility index (Phi) is 5.35. The highest BCUT2D eigenvalue weighted by Crippen LogP contribution is 2.47. The van der Waals surface area contributed by atoms with Gasteiger partial charge in [0.2, 0.25) is 6.10 Å². The first-order valence-corrected chi connectivity index (χ1v) is 7.92. The zero-order valence-electron chi connectivity index (χ0n) is 14.7. The molecule has 0 bridgehead atoms. The molecule has 1 unspecified atom stereocenters. The van der Waals surface area contributed by atoms with Crippen LogP contribution in [0.5, 0.6) is 0 Å². The number of Topliss-reactive ketones (excluding diaryl/α,β-unsaturated/α-hetero) is 1. The van der Waals surface area contributed by atoms with Crippen LogP contribution in [0.1, 0.15) is 34.6 Å². The first-order valence-electron chi connectivity index (χ1n) is 7.92. The summed E-state index contributed by atoms with van der Waals surface area (Å²) in [5.41, 5.74) is -0.811. The molecule has 0 amide bonds. The fourth-order valence-electron chi connectivity index (χ4n) is 2.86. The van der Waals surface area contributed by atoms with Crippen molar-refractivity contribution in [2.45, 2.75) is 65.0 Å². The Morgan fingerprint density at radius 1 is 1.29 bits per heavy atom. The second-order valence-electron chi connectivity index (χ2n) is 6.55. The lowest BCUT2D eigenvalue weighted by atomic mass is 9.81. The number of hydrogen-bond donors (Lipinski definition) is 0. The van der Waals surface area contributed by atoms with Gasteiger partial charge in [-0.3, -0.25) is 4.79 Å². The smallest absolute Gasteiger partial charge is 0.343 e. The van der Waals surface area contributed by atoms with Crippen molar-refractivity contribution in [2.75, 3.05) is 13.2 Å². The fraction of sp³-hybridized carbons (Fsp3) is 0.765. The van der Waals surface area contributed by atoms with Crippen molar-refractivity contribution in [2.24, 2.45) is 5.41 Å². The van der Waals surface area contributed by atoms with E-state index in [4.69, 9.17) is 30.1 Å². The number of fused-ring (bicyclic) bond motifs is 1. The van der Waals surface area contributed by atoms with Crippen LogP contribution >= 0.6 is 0 Å². The second kappa shape index (κ2) is 6.81. The molecule has 24 heavy (non-hydrogen) atoms. The van der Waals surface area contributed by atoms with Crippen LogP contribution in [-0.4, -0.2) is 55.4 Å². The first kappa shape index (κ1) is 18.9. The fourth-order valence-corrected chi connectivity index (χ4v) is 2.86. The number of terminal acetylenes is 1. The molecule has 2 aliphatic heterocycles. The lowest BCUT2D eigenvalue weighted by molar-refractivity contribution is -0.220. The Balaban J connectivity index is 2.06. The Morgan fingerprint density at radius 3 is 2.50 bits per heavy atom. The van der Waals surface area contributed by atoms with E-state index in [9.17, 15) is 9.59 Å². The molecule has 0 radical (unpaired) electrons. The van der Waals surface area contributed by atoms with Gasteiger partial charge in [0.25, 0.3) is 0 Å². The lowest BCUT2D eigenvalue weighted by Gasteiger charge is -2.30. The molecule has 2 fully saturated rings. The van der Waals surface area contributed by atoms with Crippen LogP contribution in [0.15, 0.2) is 0 Å². The molecule has 2 aliphatic rings. The third-order valence-corrected chi connectivity index (χ3v) is 4.21. The summed E-state index contributed by atoms with van der Waals surface area (Å²) in [4.78, 5) is 23.4. The van der Waals surface area contributed by atoms with Crippen molar-refractivity contribution in [3.8, 4) is 12.3 Å². The van der Waals surface area contributed by atoms with Gasteiger partial charge in [0, 0.05) is 0 Å². The van der Waals surface area contributed by atoms with Crippen LogP contribution in [0.3, 0.4) is 0 Å². The topological polar surface area (TPSA) is 80.3 Å². The zero-order chi connectivity index (χ0) is 18.1. The van der Waals surface area contributed by atoms with Crippen LogP contribution in [0.25, 0.3) is 0 Å². The van der Waals surface area contributed by atoms with Crippen molar-refractivity contribution in [1.29, 1.82) is 0 Å². The highest BCUT2D eigenvalue weighted by Gasteiger charge is 2.61. The molecular weight excluding hydrogens is 316 g/mol. The van der Waals surface area contributed by atoms with Gasteiger partial charge in [0.05, 0.1) is 18.6 Å². The van der Waals surface area contributed by atoms with E-state index < -0.39 is 47.6 Å². The second-order valence-corrected chi connectivity index (χ2v) is 6.55. The minimum Gasteiger partial charge on any atom is -0.464 e. The maximum atomic E-state index is 11.8. The van der Waals surface area contributed by atoms with Crippen molar-refractivity contribution < 1.29 is 33.3 Å². The molecule has 2 rings (SSSR count). The summed E-state index contributed by atoms with van der Waals surface area (Å²) in [6, 6.07) is 0. The molecule has 0 spiro atoms. The minimum absolute atomic E-state index is 0.0517. The summed E-state index contributed by atoms with van der Waals surface area (Å²) in [7, 11) is 0. The molecule has 2 heterocycles. The molecule has 0 N–H and O–H groups in total. The largest absolute Gasteiger partial charge is 0.464 e. The van der Waals surface area contributed by atoms with Gasteiger partial charge in [0.15, 0.2) is 17.9 Å². The maximum Gasteiger partial charge on any atom is 0.343 e. The summed E-state index contributed by atoms with van der Waals surface area (Å²) in [6.07, 6.45) is 2.75. The van der Waals surface area contributed by atoms with Crippen LogP contribution in [0.4, 0.5) is 0 Å². The van der Waals surface area contributed by atoms with Gasteiger partial charge in [-0.15, -0.1) is 6.42 Å². The van der Waals surface area contributed by atoms with E-state index in [2.05, 4.69) is 5.92 Å². The van der Waals surface area contributed by atoms with Gasteiger partial charge in [-0.25, -0.2) is 4.79 Å². The number of ether oxygens (including phenoxy) is 5. The summed E-state index contributed by atoms with van der Waals surface area (Å²) >= 11 is 0. The van der Waals surface area contributed by atoms with Crippen LogP contribution in [-0.2, 0) is 33.3 Å². The van der Waals surface area contributed by atoms with Gasteiger partial charge in [-0.1, -0.05) is 5.92 Å². The standard InChI is InChI=1S/C17H24O7/c1-7-17(6)11(22-15-13(17)23-16(4,5)24-15)9-21-12(10(3)18)14(19)20-8-2/h1,11-13,15H,8-9H2,2-6H3/t11-,12?,13+,15-,17+/m1/s1. The quantitative estimate of drug-likeness (QED) is 0.406. The molecule has 0 saturated carbocycles. The maximum absolute atomic E-state index is 11.8. The predicted octanol–water partition coefficient (Wildman–Crippen LogP) is 1.04. The van der Waals surface area contributed by atoms with Crippen molar-refractivity contribution >= 4 is 11.8 Å². The van der Waals surface area contributed by atoms with Crippen LogP contribution in [0.2, 0.25) is 0 Å². The van der Waals surface area contributed by atoms with Gasteiger partial charge in [0.1, 0.15) is 12.2 Å². The van der Waals surface area contributed by atoms with E-state index in [0.717, 1.165) is 0 Å². The molecule has 0 aromatic carbocycles. The molecule has 7 heteroatoms. The van der Waals surface area contributed by atoms with Gasteiger partial charge < -0.3 is 23.7 Å². The predicted molar refractivity (Wildman–Crippen MR) is 82.7 cm³/mol. The molecule has 0 aromatic rings. The molecule has 0 aromatic heterocycles. The van der Waals surface area contributed by atoms with Gasteiger partial charge in [-0.2, -0.15) is 0 Å². The van der Waals surface area contributed by atoms with E-state index in [1.165, 1.54) is 6.92 Å². The number of rotatable bonds is 6. The molecular formula is C17H24O7. The number of carbonyl (C=O) groups excluding carboxylic acids is 2. The average Bonchev–Trinajstić information content (AvgIpc) is 2.91. The Hall–Kier alpha value is -1.46. The van der Waals surface area contributed by atoms with E-state index in [-0.39, 0.29) is 13.2 Å². The Bertz CT molecular complexity index is 550. The van der Waals surface area contributed by atoms with Crippen molar-refractivity contribution in [3.63, 3.8) is 0 Å². The molecule has 5 atom stereocenters. The summed E-state index contributed by atoms with van der Waals surface area (Å²) < 4.78 is 27.7. The third kappa shape index (κ3) is 3.47. The van der Waals surface area contributed by atoms with Crippen molar-refractivity contribution in [3.05, 3.63) is 0 Å². The minimum atomic E-state index is -1.30. The summed E-state index contributed by atoms with van der Waals surface area (Å²) in [5, 5.41) is 0. The van der Waals surface area contributed by atoms with E-state index in [0.29, 0.717) is 0 Å². The normalized spacial score (nSPS) is 35.1. The zero-order valence-corrected chi connectivity index (χ0v) is 14.7. The molecule has 7 nitrogen and oxygen atoms in total. The Morgan fingerprint density at radius 2 is 1.96 bits per heavy atom. The van der Waals surface area contributed by atoms with E-state index in [1.807, 2.05) is 6.92 Å². The van der Waals surface area contributed by atoms with Gasteiger partial charge in [-0.05, 0) is 34.6 Å². The van der Waals surface area contributed by atoms with E-state index >= 15 is 0 Å². The Labute approximate surface area is 141 Å². The number of ketones is 1. The highest BCUT2D eigenvalue weighted by molar-refractivity contribution is 6.00. The molecule has 0 aliphatic carbocycles. The monoisotopic (exact) mass is 340 g/mol. The number of carbonyl (C=O) groups is 2. The van der Waals surface area contributed by atoms with Gasteiger partial charge >= 0.3 is 5.97 Å². The molecule has 134 valence electrons. The van der Waals surface area contributed by atoms with E-state index in [1.54, 1.807) is 20.8 Å². The van der Waals surface area contributed by atoms with Crippen LogP contribution in [0, 0.1) is 17.8 Å². The van der Waals surface area contributed by atoms with Crippen LogP contribution < -0.4 is 0 Å². The summed E-state index contributed by atoms with van der Waals surface area (Å²) in [6.45, 7) is 8.40. The average molecular weight is 340 g/mol.